The van der Waals surface area contributed by atoms with Crippen molar-refractivity contribution in [1.82, 2.24) is 30.2 Å². The van der Waals surface area contributed by atoms with E-state index in [0.717, 1.165) is 5.56 Å². The molecule has 5 N–H and O–H groups in total. The Labute approximate surface area is 289 Å². The fourth-order valence-corrected chi connectivity index (χ4v) is 6.83. The highest BCUT2D eigenvalue weighted by molar-refractivity contribution is 7.89. The van der Waals surface area contributed by atoms with Crippen LogP contribution in [0.5, 0.6) is 0 Å². The minimum Gasteiger partial charge on any atom is -0.464 e. The number of alkyl halides is 3. The van der Waals surface area contributed by atoms with Crippen molar-refractivity contribution in [2.75, 3.05) is 18.5 Å². The first kappa shape index (κ1) is 36.5. The van der Waals surface area contributed by atoms with Crippen molar-refractivity contribution in [2.24, 2.45) is 0 Å². The SMILES string of the molecule is Cc1cc(-c2ccccc2)cc(C)c1S(=O)(=O)N[C@H](C(=O)OCCCNc1ncc[nH]1)C(NC(=O)c1ccc2[nH]ncc2c1)OC(=O)C(F)(F)F. The van der Waals surface area contributed by atoms with Gasteiger partial charge in [-0.15, -0.1) is 0 Å². The largest absolute Gasteiger partial charge is 0.491 e. The number of benzene rings is 3. The van der Waals surface area contributed by atoms with Crippen molar-refractivity contribution in [3.8, 4) is 11.1 Å². The van der Waals surface area contributed by atoms with Crippen LogP contribution in [0.1, 0.15) is 27.9 Å². The van der Waals surface area contributed by atoms with Gasteiger partial charge in [0, 0.05) is 29.9 Å². The van der Waals surface area contributed by atoms with Crippen molar-refractivity contribution < 1.29 is 45.4 Å². The zero-order valence-corrected chi connectivity index (χ0v) is 27.9. The minimum absolute atomic E-state index is 0.126. The van der Waals surface area contributed by atoms with Gasteiger partial charge >= 0.3 is 18.1 Å². The molecule has 0 saturated carbocycles. The smallest absolute Gasteiger partial charge is 0.464 e. The molecule has 5 aromatic rings. The molecular weight excluding hydrogens is 695 g/mol. The Morgan fingerprint density at radius 2 is 1.71 bits per heavy atom. The highest BCUT2D eigenvalue weighted by Crippen LogP contribution is 2.29. The van der Waals surface area contributed by atoms with E-state index in [-0.39, 0.29) is 41.2 Å². The number of rotatable bonds is 14. The van der Waals surface area contributed by atoms with Gasteiger partial charge in [0.1, 0.15) is 0 Å². The Morgan fingerprint density at radius 3 is 2.37 bits per heavy atom. The van der Waals surface area contributed by atoms with Gasteiger partial charge in [0.2, 0.25) is 16.3 Å². The second-order valence-corrected chi connectivity index (χ2v) is 12.9. The maximum absolute atomic E-state index is 14.0. The van der Waals surface area contributed by atoms with Gasteiger partial charge < -0.3 is 25.1 Å². The number of carbonyl (C=O) groups is 3. The molecule has 51 heavy (non-hydrogen) atoms. The van der Waals surface area contributed by atoms with Crippen LogP contribution in [0.2, 0.25) is 0 Å². The van der Waals surface area contributed by atoms with Gasteiger partial charge in [0.15, 0.2) is 12.0 Å². The molecule has 268 valence electrons. The maximum atomic E-state index is 14.0. The Morgan fingerprint density at radius 1 is 0.980 bits per heavy atom. The summed E-state index contributed by atoms with van der Waals surface area (Å²) in [5.74, 6) is -4.90. The first-order valence-electron chi connectivity index (χ1n) is 15.3. The van der Waals surface area contributed by atoms with Crippen LogP contribution in [0.15, 0.2) is 84.1 Å². The van der Waals surface area contributed by atoms with Crippen molar-refractivity contribution in [3.63, 3.8) is 0 Å². The molecule has 0 saturated heterocycles. The number of aryl methyl sites for hydroxylation is 2. The van der Waals surface area contributed by atoms with Crippen molar-refractivity contribution in [3.05, 3.63) is 95.9 Å². The topological polar surface area (TPSA) is 197 Å². The summed E-state index contributed by atoms with van der Waals surface area (Å²) in [6.45, 7) is 2.88. The highest BCUT2D eigenvalue weighted by Gasteiger charge is 2.46. The summed E-state index contributed by atoms with van der Waals surface area (Å²) < 4.78 is 80.3. The monoisotopic (exact) mass is 727 g/mol. The number of halogens is 3. The number of esters is 2. The lowest BCUT2D eigenvalue weighted by atomic mass is 10.0. The second kappa shape index (κ2) is 15.4. The van der Waals surface area contributed by atoms with Crippen molar-refractivity contribution >= 4 is 44.7 Å². The van der Waals surface area contributed by atoms with Crippen molar-refractivity contribution in [2.45, 2.75) is 43.6 Å². The summed E-state index contributed by atoms with van der Waals surface area (Å²) in [6, 6.07) is 14.0. The Bertz CT molecular complexity index is 2100. The number of sulfonamides is 1. The molecule has 3 aromatic carbocycles. The van der Waals surface area contributed by atoms with Crippen LogP contribution in [0.25, 0.3) is 22.0 Å². The molecule has 14 nitrogen and oxygen atoms in total. The third kappa shape index (κ3) is 9.08. The van der Waals surface area contributed by atoms with E-state index in [9.17, 15) is 36.0 Å². The summed E-state index contributed by atoms with van der Waals surface area (Å²) in [5, 5.41) is 11.9. The van der Waals surface area contributed by atoms with E-state index in [1.54, 1.807) is 30.5 Å². The molecule has 2 aromatic heterocycles. The maximum Gasteiger partial charge on any atom is 0.491 e. The lowest BCUT2D eigenvalue weighted by Crippen LogP contribution is -2.58. The molecule has 0 fully saturated rings. The number of aromatic nitrogens is 4. The third-order valence-electron chi connectivity index (χ3n) is 7.47. The van der Waals surface area contributed by atoms with Crippen LogP contribution in [-0.2, 0) is 29.1 Å². The van der Waals surface area contributed by atoms with E-state index in [4.69, 9.17) is 4.74 Å². The summed E-state index contributed by atoms with van der Waals surface area (Å²) >= 11 is 0. The number of hydrogen-bond acceptors (Lipinski definition) is 10. The average molecular weight is 728 g/mol. The number of hydrogen-bond donors (Lipinski definition) is 5. The van der Waals surface area contributed by atoms with Crippen LogP contribution < -0.4 is 15.4 Å². The molecule has 0 spiro atoms. The number of nitrogens with zero attached hydrogens (tertiary/aromatic N) is 2. The van der Waals surface area contributed by atoms with Gasteiger partial charge in [0.25, 0.3) is 5.91 Å². The van der Waals surface area contributed by atoms with Crippen LogP contribution in [-0.4, -0.2) is 78.0 Å². The Kier molecular flexibility index (Phi) is 11.0. The summed E-state index contributed by atoms with van der Waals surface area (Å²) in [6.07, 6.45) is -3.50. The quantitative estimate of drug-likeness (QED) is 0.0630. The van der Waals surface area contributed by atoms with Gasteiger partial charge in [-0.3, -0.25) is 14.7 Å². The number of fused-ring (bicyclic) bond motifs is 1. The molecular formula is C33H32F3N7O7S. The lowest BCUT2D eigenvalue weighted by molar-refractivity contribution is -0.207. The van der Waals surface area contributed by atoms with Gasteiger partial charge in [-0.05, 0) is 60.7 Å². The normalized spacial score (nSPS) is 13.0. The lowest BCUT2D eigenvalue weighted by Gasteiger charge is -2.28. The second-order valence-electron chi connectivity index (χ2n) is 11.3. The van der Waals surface area contributed by atoms with E-state index < -0.39 is 46.3 Å². The predicted octanol–water partition coefficient (Wildman–Crippen LogP) is 4.12. The number of ether oxygens (including phenoxy) is 2. The summed E-state index contributed by atoms with van der Waals surface area (Å²) in [4.78, 5) is 45.5. The van der Waals surface area contributed by atoms with E-state index in [2.05, 4.69) is 35.5 Å². The number of anilines is 1. The van der Waals surface area contributed by atoms with Gasteiger partial charge in [-0.2, -0.15) is 23.0 Å². The molecule has 2 atom stereocenters. The fourth-order valence-electron chi connectivity index (χ4n) is 5.19. The first-order valence-corrected chi connectivity index (χ1v) is 16.8. The molecule has 0 radical (unpaired) electrons. The molecule has 0 aliphatic heterocycles. The average Bonchev–Trinajstić information content (AvgIpc) is 3.78. The zero-order chi connectivity index (χ0) is 36.8. The molecule has 0 aliphatic rings. The molecule has 0 aliphatic carbocycles. The number of aromatic amines is 2. The molecule has 0 bridgehead atoms. The predicted molar refractivity (Wildman–Crippen MR) is 178 cm³/mol. The third-order valence-corrected chi connectivity index (χ3v) is 9.22. The van der Waals surface area contributed by atoms with Gasteiger partial charge in [-0.1, -0.05) is 42.5 Å². The van der Waals surface area contributed by atoms with E-state index >= 15 is 0 Å². The van der Waals surface area contributed by atoms with E-state index in [1.807, 2.05) is 22.9 Å². The van der Waals surface area contributed by atoms with Crippen LogP contribution >= 0.6 is 0 Å². The highest BCUT2D eigenvalue weighted by atomic mass is 32.2. The number of carbonyl (C=O) groups excluding carboxylic acids is 3. The summed E-state index contributed by atoms with van der Waals surface area (Å²) in [5.41, 5.74) is 2.35. The minimum atomic E-state index is -5.58. The van der Waals surface area contributed by atoms with Crippen LogP contribution in [0, 0.1) is 13.8 Å². The van der Waals surface area contributed by atoms with Crippen molar-refractivity contribution in [1.29, 1.82) is 0 Å². The fraction of sp³-hybridized carbons (Fsp3) is 0.242. The molecule has 1 amide bonds. The van der Waals surface area contributed by atoms with Gasteiger partial charge in [-0.25, -0.2) is 18.2 Å². The zero-order valence-electron chi connectivity index (χ0n) is 27.1. The summed E-state index contributed by atoms with van der Waals surface area (Å²) in [7, 11) is -4.78. The van der Waals surface area contributed by atoms with E-state index in [0.29, 0.717) is 22.4 Å². The number of amides is 1. The molecule has 1 unspecified atom stereocenters. The van der Waals surface area contributed by atoms with E-state index in [1.165, 1.54) is 44.4 Å². The van der Waals surface area contributed by atoms with Gasteiger partial charge in [0.05, 0.1) is 23.2 Å². The number of imidazole rings is 1. The first-order chi connectivity index (χ1) is 24.2. The molecule has 5 rings (SSSR count). The molecule has 2 heterocycles. The Balaban J connectivity index is 1.47. The number of H-pyrrole nitrogens is 2. The van der Waals surface area contributed by atoms with Crippen LogP contribution in [0.4, 0.5) is 19.1 Å². The van der Waals surface area contributed by atoms with Crippen LogP contribution in [0.3, 0.4) is 0 Å². The standard InChI is InChI=1S/C33H32F3N7O7S/c1-19-15-23(21-7-4-3-5-8-21)16-20(2)27(19)51(47,48)43-26(30(45)49-14-6-11-37-32-38-12-13-39-32)29(50-31(46)33(34,35)36)41-28(44)22-9-10-25-24(17-22)18-40-42-25/h3-5,7-10,12-13,15-18,26,29,43H,6,11,14H2,1-2H3,(H,40,42)(H,41,44)(H2,37,38,39)/t26-,29?/m0/s1. The number of nitrogens with one attached hydrogen (secondary N) is 5. The Hall–Kier alpha value is -5.75. The molecule has 18 heteroatoms.